The van der Waals surface area contributed by atoms with Crippen LogP contribution in [0.25, 0.3) is 0 Å². The number of pyridine rings is 3. The van der Waals surface area contributed by atoms with Gasteiger partial charge in [-0.3, -0.25) is 19.6 Å². The number of anilines is 2. The number of nitrogens with one attached hydrogen (secondary N) is 4. The van der Waals surface area contributed by atoms with Gasteiger partial charge in [0.2, 0.25) is 5.91 Å². The van der Waals surface area contributed by atoms with Crippen molar-refractivity contribution in [1.29, 1.82) is 0 Å². The van der Waals surface area contributed by atoms with Crippen molar-refractivity contribution in [3.63, 3.8) is 0 Å². The molecule has 3 heterocycles. The molecule has 4 rings (SSSR count). The van der Waals surface area contributed by atoms with Crippen LogP contribution in [0.5, 0.6) is 0 Å². The van der Waals surface area contributed by atoms with Crippen LogP contribution >= 0.6 is 0 Å². The zero-order valence-corrected chi connectivity index (χ0v) is 22.8. The largest absolute Gasteiger partial charge is 0.370 e. The maximum absolute atomic E-state index is 13.6. The molecule has 3 aromatic heterocycles. The number of halogens is 1. The Labute approximate surface area is 239 Å². The van der Waals surface area contributed by atoms with Gasteiger partial charge >= 0.3 is 0 Å². The van der Waals surface area contributed by atoms with Crippen LogP contribution in [0.1, 0.15) is 46.3 Å². The lowest BCUT2D eigenvalue weighted by Gasteiger charge is -2.14. The third kappa shape index (κ3) is 9.99. The predicted molar refractivity (Wildman–Crippen MR) is 157 cm³/mol. The topological polar surface area (TPSA) is 121 Å². The summed E-state index contributed by atoms with van der Waals surface area (Å²) in [6.07, 6.45) is 9.31. The van der Waals surface area contributed by atoms with Crippen LogP contribution in [-0.4, -0.2) is 39.9 Å². The molecule has 0 spiro atoms. The minimum absolute atomic E-state index is 0.00147. The van der Waals surface area contributed by atoms with Gasteiger partial charge in [-0.25, -0.2) is 9.37 Å². The van der Waals surface area contributed by atoms with E-state index < -0.39 is 0 Å². The summed E-state index contributed by atoms with van der Waals surface area (Å²) >= 11 is 0. The number of carbonyl (C=O) groups is 2. The van der Waals surface area contributed by atoms with Crippen LogP contribution in [-0.2, 0) is 24.3 Å². The summed E-state index contributed by atoms with van der Waals surface area (Å²) < 4.78 is 13.6. The maximum atomic E-state index is 13.6. The minimum Gasteiger partial charge on any atom is -0.370 e. The van der Waals surface area contributed by atoms with Crippen LogP contribution in [0.2, 0.25) is 0 Å². The van der Waals surface area contributed by atoms with Gasteiger partial charge in [0.1, 0.15) is 17.5 Å². The molecule has 4 N–H and O–H groups in total. The van der Waals surface area contributed by atoms with Gasteiger partial charge in [-0.2, -0.15) is 0 Å². The Morgan fingerprint density at radius 1 is 0.756 bits per heavy atom. The maximum Gasteiger partial charge on any atom is 0.255 e. The third-order valence-corrected chi connectivity index (χ3v) is 6.26. The van der Waals surface area contributed by atoms with Crippen molar-refractivity contribution in [2.45, 2.75) is 38.8 Å². The molecule has 41 heavy (non-hydrogen) atoms. The highest BCUT2D eigenvalue weighted by atomic mass is 19.1. The smallest absolute Gasteiger partial charge is 0.255 e. The van der Waals surface area contributed by atoms with Crippen molar-refractivity contribution in [3.05, 3.63) is 114 Å². The molecule has 0 aliphatic rings. The van der Waals surface area contributed by atoms with E-state index in [2.05, 4.69) is 36.2 Å². The first kappa shape index (κ1) is 29.1. The average molecular weight is 556 g/mol. The first-order valence-electron chi connectivity index (χ1n) is 13.6. The standard InChI is InChI=1S/C31H34FN7O2/c32-26-9-3-6-23(18-26)13-17-36-30-27(31(41)38-22-25-8-5-15-34-20-25)11-12-28(39-30)35-16-2-1-10-29(40)37-21-24-7-4-14-33-19-24/h3-9,11-12,14-15,18-20H,1-2,10,13,16-17,21-22H2,(H,37,40)(H,38,41)(H2,35,36,39). The van der Waals surface area contributed by atoms with Crippen molar-refractivity contribution in [2.75, 3.05) is 23.7 Å². The third-order valence-electron chi connectivity index (χ3n) is 6.26. The first-order valence-corrected chi connectivity index (χ1v) is 13.6. The van der Waals surface area contributed by atoms with Crippen LogP contribution in [0.3, 0.4) is 0 Å². The monoisotopic (exact) mass is 555 g/mol. The first-order chi connectivity index (χ1) is 20.1. The Bertz CT molecular complexity index is 1400. The summed E-state index contributed by atoms with van der Waals surface area (Å²) in [5, 5.41) is 12.3. The zero-order chi connectivity index (χ0) is 28.7. The number of unbranched alkanes of at least 4 members (excludes halogenated alkanes) is 1. The molecule has 4 aromatic rings. The molecule has 0 bridgehead atoms. The fourth-order valence-electron chi connectivity index (χ4n) is 4.09. The SMILES string of the molecule is O=C(CCCCNc1ccc(C(=O)NCc2cccnc2)c(NCCc2cccc(F)c2)n1)NCc1cccnc1. The van der Waals surface area contributed by atoms with E-state index in [1.165, 1.54) is 12.1 Å². The summed E-state index contributed by atoms with van der Waals surface area (Å²) in [6, 6.07) is 17.4. The number of hydrogen-bond acceptors (Lipinski definition) is 7. The van der Waals surface area contributed by atoms with Crippen molar-refractivity contribution in [2.24, 2.45) is 0 Å². The molecule has 9 nitrogen and oxygen atoms in total. The molecule has 1 aromatic carbocycles. The lowest BCUT2D eigenvalue weighted by atomic mass is 10.1. The van der Waals surface area contributed by atoms with E-state index in [-0.39, 0.29) is 17.6 Å². The molecule has 212 valence electrons. The molecule has 0 unspecified atom stereocenters. The van der Waals surface area contributed by atoms with Gasteiger partial charge in [0.25, 0.3) is 5.91 Å². The van der Waals surface area contributed by atoms with E-state index >= 15 is 0 Å². The molecule has 0 atom stereocenters. The Balaban J connectivity index is 1.29. The predicted octanol–water partition coefficient (Wildman–Crippen LogP) is 4.49. The normalized spacial score (nSPS) is 10.6. The Morgan fingerprint density at radius 2 is 1.49 bits per heavy atom. The Kier molecular flexibility index (Phi) is 11.1. The number of carbonyl (C=O) groups excluding carboxylic acids is 2. The molecule has 0 saturated carbocycles. The molecule has 0 saturated heterocycles. The fourth-order valence-corrected chi connectivity index (χ4v) is 4.09. The Morgan fingerprint density at radius 3 is 2.20 bits per heavy atom. The van der Waals surface area contributed by atoms with Gasteiger partial charge in [0.15, 0.2) is 0 Å². The van der Waals surface area contributed by atoms with Crippen molar-refractivity contribution in [1.82, 2.24) is 25.6 Å². The van der Waals surface area contributed by atoms with Crippen molar-refractivity contribution < 1.29 is 14.0 Å². The summed E-state index contributed by atoms with van der Waals surface area (Å²) in [6.45, 7) is 1.90. The molecule has 10 heteroatoms. The molecular formula is C31H34FN7O2. The number of benzene rings is 1. The van der Waals surface area contributed by atoms with Gasteiger partial charge < -0.3 is 21.3 Å². The molecular weight excluding hydrogens is 521 g/mol. The molecule has 2 amide bonds. The van der Waals surface area contributed by atoms with Crippen molar-refractivity contribution >= 4 is 23.5 Å². The average Bonchev–Trinajstić information content (AvgIpc) is 3.00. The van der Waals surface area contributed by atoms with E-state index in [9.17, 15) is 14.0 Å². The number of aromatic nitrogens is 3. The molecule has 0 aliphatic heterocycles. The molecule has 0 radical (unpaired) electrons. The highest BCUT2D eigenvalue weighted by Gasteiger charge is 2.14. The summed E-state index contributed by atoms with van der Waals surface area (Å²) in [5.41, 5.74) is 3.10. The minimum atomic E-state index is -0.284. The van der Waals surface area contributed by atoms with Crippen LogP contribution in [0, 0.1) is 5.82 Å². The van der Waals surface area contributed by atoms with Gasteiger partial charge in [0, 0.05) is 57.4 Å². The second-order valence-corrected chi connectivity index (χ2v) is 9.47. The van der Waals surface area contributed by atoms with Gasteiger partial charge in [0.05, 0.1) is 5.56 Å². The molecule has 0 aliphatic carbocycles. The number of amides is 2. The summed E-state index contributed by atoms with van der Waals surface area (Å²) in [5.74, 6) is 0.498. The van der Waals surface area contributed by atoms with E-state index in [1.807, 2.05) is 30.3 Å². The van der Waals surface area contributed by atoms with Gasteiger partial charge in [-0.1, -0.05) is 24.3 Å². The summed E-state index contributed by atoms with van der Waals surface area (Å²) in [7, 11) is 0. The Hall–Kier alpha value is -4.86. The van der Waals surface area contributed by atoms with Crippen LogP contribution in [0.4, 0.5) is 16.0 Å². The number of rotatable bonds is 15. The summed E-state index contributed by atoms with van der Waals surface area (Å²) in [4.78, 5) is 37.9. The van der Waals surface area contributed by atoms with Crippen LogP contribution < -0.4 is 21.3 Å². The second kappa shape index (κ2) is 15.7. The van der Waals surface area contributed by atoms with E-state index in [0.717, 1.165) is 29.5 Å². The van der Waals surface area contributed by atoms with Crippen LogP contribution in [0.15, 0.2) is 85.5 Å². The van der Waals surface area contributed by atoms with Crippen molar-refractivity contribution in [3.8, 4) is 0 Å². The van der Waals surface area contributed by atoms with E-state index in [4.69, 9.17) is 0 Å². The van der Waals surface area contributed by atoms with Gasteiger partial charge in [-0.15, -0.1) is 0 Å². The highest BCUT2D eigenvalue weighted by Crippen LogP contribution is 2.18. The van der Waals surface area contributed by atoms with Gasteiger partial charge in [-0.05, 0) is 72.4 Å². The quantitative estimate of drug-likeness (QED) is 0.160. The fraction of sp³-hybridized carbons (Fsp3) is 0.258. The number of nitrogens with zero attached hydrogens (tertiary/aromatic N) is 3. The highest BCUT2D eigenvalue weighted by molar-refractivity contribution is 5.99. The molecule has 0 fully saturated rings. The second-order valence-electron chi connectivity index (χ2n) is 9.47. The lowest BCUT2D eigenvalue weighted by Crippen LogP contribution is -2.25. The zero-order valence-electron chi connectivity index (χ0n) is 22.8. The van der Waals surface area contributed by atoms with E-state index in [1.54, 1.807) is 43.0 Å². The lowest BCUT2D eigenvalue weighted by molar-refractivity contribution is -0.121. The number of hydrogen-bond donors (Lipinski definition) is 4. The van der Waals surface area contributed by atoms with E-state index in [0.29, 0.717) is 56.2 Å².